The summed E-state index contributed by atoms with van der Waals surface area (Å²) in [5.74, 6) is 1.45. The molecule has 9 nitrogen and oxygen atoms in total. The van der Waals surface area contributed by atoms with E-state index in [1.54, 1.807) is 0 Å². The van der Waals surface area contributed by atoms with Crippen LogP contribution in [-0.2, 0) is 40.6 Å². The minimum atomic E-state index is -1.17. The SMILES string of the molecule is COC(=O)C1(Cc2nc3cc(OCc4ccc5ccccc5n4)ccc3n2Cc2cccc(-c3ccnn3COCC[Si](C)(C)C)c2)CCCC1. The molecule has 0 spiro atoms. The van der Waals surface area contributed by atoms with Crippen LogP contribution in [0.5, 0.6) is 5.75 Å². The van der Waals surface area contributed by atoms with Crippen LogP contribution in [0.2, 0.25) is 25.7 Å². The number of hydrogen-bond acceptors (Lipinski definition) is 7. The Balaban J connectivity index is 1.16. The molecule has 1 saturated carbocycles. The summed E-state index contributed by atoms with van der Waals surface area (Å²) in [7, 11) is 0.320. The molecule has 3 aromatic heterocycles. The van der Waals surface area contributed by atoms with E-state index in [-0.39, 0.29) is 5.97 Å². The molecule has 0 amide bonds. The Morgan fingerprint density at radius 1 is 0.902 bits per heavy atom. The van der Waals surface area contributed by atoms with Gasteiger partial charge in [-0.15, -0.1) is 0 Å². The van der Waals surface area contributed by atoms with E-state index in [0.29, 0.717) is 26.3 Å². The van der Waals surface area contributed by atoms with Gasteiger partial charge in [0.05, 0.1) is 40.5 Å². The second kappa shape index (κ2) is 14.8. The number of benzene rings is 3. The topological polar surface area (TPSA) is 93.3 Å². The van der Waals surface area contributed by atoms with Gasteiger partial charge in [-0.3, -0.25) is 4.79 Å². The molecule has 1 fully saturated rings. The molecule has 0 N–H and O–H groups in total. The highest BCUT2D eigenvalue weighted by Crippen LogP contribution is 2.42. The Morgan fingerprint density at radius 3 is 2.57 bits per heavy atom. The molecular weight excluding hydrogens is 655 g/mol. The molecule has 0 atom stereocenters. The number of pyridine rings is 1. The van der Waals surface area contributed by atoms with Crippen molar-refractivity contribution in [2.45, 2.75) is 77.7 Å². The molecule has 1 aliphatic carbocycles. The fourth-order valence-electron chi connectivity index (χ4n) is 7.15. The predicted molar refractivity (Wildman–Crippen MR) is 203 cm³/mol. The van der Waals surface area contributed by atoms with Crippen LogP contribution >= 0.6 is 0 Å². The second-order valence-corrected chi connectivity index (χ2v) is 20.6. The first-order chi connectivity index (χ1) is 24.7. The lowest BCUT2D eigenvalue weighted by molar-refractivity contribution is -0.152. The average Bonchev–Trinajstić information content (AvgIpc) is 3.88. The minimum absolute atomic E-state index is 0.146. The maximum absolute atomic E-state index is 13.2. The van der Waals surface area contributed by atoms with Gasteiger partial charge in [0.1, 0.15) is 24.9 Å². The molecule has 7 rings (SSSR count). The largest absolute Gasteiger partial charge is 0.487 e. The fourth-order valence-corrected chi connectivity index (χ4v) is 7.91. The Bertz CT molecular complexity index is 2140. The Kier molecular flexibility index (Phi) is 10.1. The maximum atomic E-state index is 13.2. The van der Waals surface area contributed by atoms with Crippen molar-refractivity contribution in [3.05, 3.63) is 108 Å². The zero-order valence-electron chi connectivity index (χ0n) is 30.1. The monoisotopic (exact) mass is 701 g/mol. The predicted octanol–water partition coefficient (Wildman–Crippen LogP) is 8.66. The fraction of sp³-hybridized carbons (Fsp3) is 0.366. The van der Waals surface area contributed by atoms with Crippen molar-refractivity contribution in [3.8, 4) is 17.0 Å². The zero-order valence-corrected chi connectivity index (χ0v) is 31.1. The van der Waals surface area contributed by atoms with E-state index in [1.165, 1.54) is 7.11 Å². The molecule has 3 heterocycles. The van der Waals surface area contributed by atoms with Crippen molar-refractivity contribution in [2.24, 2.45) is 5.41 Å². The van der Waals surface area contributed by atoms with Crippen LogP contribution in [0.15, 0.2) is 91.1 Å². The van der Waals surface area contributed by atoms with Gasteiger partial charge in [0.25, 0.3) is 0 Å². The van der Waals surface area contributed by atoms with E-state index in [1.807, 2.05) is 53.3 Å². The molecule has 3 aromatic carbocycles. The number of ether oxygens (including phenoxy) is 3. The molecule has 0 unspecified atom stereocenters. The van der Waals surface area contributed by atoms with Gasteiger partial charge in [-0.25, -0.2) is 14.6 Å². The molecule has 0 aliphatic heterocycles. The van der Waals surface area contributed by atoms with E-state index >= 15 is 0 Å². The van der Waals surface area contributed by atoms with Crippen LogP contribution in [0.3, 0.4) is 0 Å². The Labute approximate surface area is 300 Å². The van der Waals surface area contributed by atoms with Crippen molar-refractivity contribution in [1.82, 2.24) is 24.3 Å². The molecule has 6 aromatic rings. The summed E-state index contributed by atoms with van der Waals surface area (Å²) in [5.41, 5.74) is 6.27. The van der Waals surface area contributed by atoms with Crippen LogP contribution in [0.4, 0.5) is 0 Å². The number of methoxy groups -OCH3 is 1. The highest BCUT2D eigenvalue weighted by atomic mass is 28.3. The van der Waals surface area contributed by atoms with Crippen LogP contribution in [0.25, 0.3) is 33.2 Å². The standard InChI is InChI=1S/C41H47N5O4Si/c1-48-40(47)41(19-7-8-20-41)26-39-44-36-25-34(50-28-33-15-14-31-11-5-6-13-35(31)43-33)16-17-38(36)45(39)27-30-10-9-12-32(24-30)37-18-21-42-46(37)29-49-22-23-51(2,3)4/h5-6,9-18,21,24-25H,7-8,19-20,22-23,26-29H2,1-4H3. The van der Waals surface area contributed by atoms with Crippen LogP contribution in [-0.4, -0.2) is 52.1 Å². The van der Waals surface area contributed by atoms with Crippen LogP contribution in [0, 0.1) is 5.41 Å². The highest BCUT2D eigenvalue weighted by molar-refractivity contribution is 6.76. The number of hydrogen-bond donors (Lipinski definition) is 0. The third kappa shape index (κ3) is 7.92. The maximum Gasteiger partial charge on any atom is 0.312 e. The van der Waals surface area contributed by atoms with Gasteiger partial charge < -0.3 is 18.8 Å². The third-order valence-electron chi connectivity index (χ3n) is 10.0. The molecular formula is C41H47N5O4Si. The summed E-state index contributed by atoms with van der Waals surface area (Å²) in [6.45, 7) is 9.18. The second-order valence-electron chi connectivity index (χ2n) is 15.0. The van der Waals surface area contributed by atoms with Gasteiger partial charge in [0, 0.05) is 50.9 Å². The lowest BCUT2D eigenvalue weighted by Gasteiger charge is -2.25. The van der Waals surface area contributed by atoms with Crippen molar-refractivity contribution in [2.75, 3.05) is 13.7 Å². The van der Waals surface area contributed by atoms with E-state index < -0.39 is 13.5 Å². The smallest absolute Gasteiger partial charge is 0.312 e. The number of para-hydroxylation sites is 1. The quantitative estimate of drug-likeness (QED) is 0.0638. The highest BCUT2D eigenvalue weighted by Gasteiger charge is 2.43. The van der Waals surface area contributed by atoms with Crippen molar-refractivity contribution < 1.29 is 19.0 Å². The summed E-state index contributed by atoms with van der Waals surface area (Å²) in [6, 6.07) is 29.9. The first-order valence-electron chi connectivity index (χ1n) is 17.9. The zero-order chi connectivity index (χ0) is 35.4. The van der Waals surface area contributed by atoms with Crippen molar-refractivity contribution in [3.63, 3.8) is 0 Å². The number of carbonyl (C=O) groups excluding carboxylic acids is 1. The molecule has 264 valence electrons. The Hall–Kier alpha value is -4.80. The summed E-state index contributed by atoms with van der Waals surface area (Å²) >= 11 is 0. The number of aromatic nitrogens is 5. The minimum Gasteiger partial charge on any atom is -0.487 e. The summed E-state index contributed by atoms with van der Waals surface area (Å²) in [6.07, 6.45) is 5.97. The summed E-state index contributed by atoms with van der Waals surface area (Å²) in [4.78, 5) is 23.2. The number of fused-ring (bicyclic) bond motifs is 2. The first-order valence-corrected chi connectivity index (χ1v) is 21.6. The van der Waals surface area contributed by atoms with E-state index in [9.17, 15) is 4.79 Å². The molecule has 51 heavy (non-hydrogen) atoms. The molecule has 0 radical (unpaired) electrons. The molecule has 0 saturated heterocycles. The van der Waals surface area contributed by atoms with E-state index in [0.717, 1.165) is 94.4 Å². The van der Waals surface area contributed by atoms with Crippen LogP contribution < -0.4 is 4.74 Å². The average molecular weight is 702 g/mol. The normalized spacial score (nSPS) is 14.4. The lowest BCUT2D eigenvalue weighted by Crippen LogP contribution is -2.33. The number of nitrogens with zero attached hydrogens (tertiary/aromatic N) is 5. The number of carbonyl (C=O) groups is 1. The van der Waals surface area contributed by atoms with Gasteiger partial charge in [0.15, 0.2) is 0 Å². The van der Waals surface area contributed by atoms with Gasteiger partial charge >= 0.3 is 5.97 Å². The van der Waals surface area contributed by atoms with Crippen molar-refractivity contribution in [1.29, 1.82) is 0 Å². The van der Waals surface area contributed by atoms with E-state index in [4.69, 9.17) is 24.2 Å². The summed E-state index contributed by atoms with van der Waals surface area (Å²) < 4.78 is 21.8. The molecule has 1 aliphatic rings. The first kappa shape index (κ1) is 34.6. The van der Waals surface area contributed by atoms with E-state index in [2.05, 4.69) is 71.8 Å². The summed E-state index contributed by atoms with van der Waals surface area (Å²) in [5, 5.41) is 5.66. The number of esters is 1. The van der Waals surface area contributed by atoms with Gasteiger partial charge in [-0.1, -0.05) is 74.9 Å². The Morgan fingerprint density at radius 2 is 1.75 bits per heavy atom. The van der Waals surface area contributed by atoms with Gasteiger partial charge in [-0.05, 0) is 60.8 Å². The van der Waals surface area contributed by atoms with Gasteiger partial charge in [-0.2, -0.15) is 5.10 Å². The molecule has 10 heteroatoms. The number of imidazole rings is 1. The van der Waals surface area contributed by atoms with Gasteiger partial charge in [0.2, 0.25) is 0 Å². The lowest BCUT2D eigenvalue weighted by atomic mass is 9.82. The van der Waals surface area contributed by atoms with Crippen LogP contribution in [0.1, 0.15) is 42.8 Å². The number of rotatable bonds is 14. The third-order valence-corrected chi connectivity index (χ3v) is 11.7. The van der Waals surface area contributed by atoms with Crippen molar-refractivity contribution >= 4 is 36.0 Å². The molecule has 0 bridgehead atoms.